The number of piperidine rings is 1. The molecule has 0 aromatic heterocycles. The first-order valence-electron chi connectivity index (χ1n) is 6.93. The first-order valence-corrected chi connectivity index (χ1v) is 8.48. The van der Waals surface area contributed by atoms with Crippen LogP contribution in [-0.4, -0.2) is 26.8 Å². The molecule has 0 amide bonds. The molecule has 0 saturated carbocycles. The number of hydrogen-bond acceptors (Lipinski definition) is 3. The monoisotopic (exact) mass is 282 g/mol. The van der Waals surface area contributed by atoms with Crippen LogP contribution < -0.4 is 10.0 Å². The van der Waals surface area contributed by atoms with E-state index in [0.717, 1.165) is 25.9 Å². The van der Waals surface area contributed by atoms with Gasteiger partial charge in [0.1, 0.15) is 0 Å². The molecule has 0 aliphatic carbocycles. The van der Waals surface area contributed by atoms with Crippen LogP contribution in [0.25, 0.3) is 0 Å². The van der Waals surface area contributed by atoms with Gasteiger partial charge in [0.2, 0.25) is 10.0 Å². The van der Waals surface area contributed by atoms with E-state index in [4.69, 9.17) is 0 Å². The predicted molar refractivity (Wildman–Crippen MR) is 78.9 cm³/mol. The first-order chi connectivity index (χ1) is 9.12. The van der Waals surface area contributed by atoms with E-state index >= 15 is 0 Å². The van der Waals surface area contributed by atoms with E-state index in [1.54, 1.807) is 0 Å². The summed E-state index contributed by atoms with van der Waals surface area (Å²) < 4.78 is 27.2. The molecule has 1 heterocycles. The minimum atomic E-state index is -3.25. The Bertz CT molecular complexity index is 491. The largest absolute Gasteiger partial charge is 0.317 e. The van der Waals surface area contributed by atoms with Crippen molar-refractivity contribution in [2.45, 2.75) is 37.9 Å². The number of sulfonamides is 1. The quantitative estimate of drug-likeness (QED) is 0.870. The maximum atomic E-state index is 12.2. The Labute approximate surface area is 115 Å². The summed E-state index contributed by atoms with van der Waals surface area (Å²) >= 11 is 0. The number of rotatable bonds is 5. The van der Waals surface area contributed by atoms with E-state index in [-0.39, 0.29) is 5.25 Å². The second kappa shape index (κ2) is 6.39. The fourth-order valence-electron chi connectivity index (χ4n) is 2.38. The van der Waals surface area contributed by atoms with Gasteiger partial charge in [-0.05, 0) is 50.0 Å². The molecule has 1 fully saturated rings. The molecule has 5 heteroatoms. The van der Waals surface area contributed by atoms with Crippen LogP contribution in [-0.2, 0) is 16.4 Å². The van der Waals surface area contributed by atoms with Crippen molar-refractivity contribution in [2.24, 2.45) is 0 Å². The van der Waals surface area contributed by atoms with Crippen LogP contribution in [0.2, 0.25) is 0 Å². The van der Waals surface area contributed by atoms with E-state index in [0.29, 0.717) is 18.5 Å². The highest BCUT2D eigenvalue weighted by atomic mass is 32.2. The minimum Gasteiger partial charge on any atom is -0.317 e. The van der Waals surface area contributed by atoms with E-state index in [9.17, 15) is 8.42 Å². The van der Waals surface area contributed by atoms with Crippen molar-refractivity contribution in [2.75, 3.05) is 17.8 Å². The Morgan fingerprint density at radius 3 is 2.42 bits per heavy atom. The minimum absolute atomic E-state index is 0.274. The van der Waals surface area contributed by atoms with Crippen LogP contribution >= 0.6 is 0 Å². The lowest BCUT2D eigenvalue weighted by atomic mass is 10.1. The SMILES string of the molecule is CCCc1ccc(NS(=O)(=O)C2CCNCC2)cc1. The lowest BCUT2D eigenvalue weighted by Gasteiger charge is -2.23. The molecule has 1 aromatic carbocycles. The molecule has 1 aliphatic heterocycles. The van der Waals surface area contributed by atoms with Gasteiger partial charge in [0.25, 0.3) is 0 Å². The van der Waals surface area contributed by atoms with Crippen LogP contribution in [0.3, 0.4) is 0 Å². The van der Waals surface area contributed by atoms with E-state index in [1.165, 1.54) is 5.56 Å². The molecule has 106 valence electrons. The van der Waals surface area contributed by atoms with Gasteiger partial charge in [-0.1, -0.05) is 25.5 Å². The molecule has 4 nitrogen and oxygen atoms in total. The fraction of sp³-hybridized carbons (Fsp3) is 0.571. The van der Waals surface area contributed by atoms with E-state index < -0.39 is 10.0 Å². The second-order valence-electron chi connectivity index (χ2n) is 5.04. The van der Waals surface area contributed by atoms with Crippen LogP contribution in [0.4, 0.5) is 5.69 Å². The number of anilines is 1. The molecule has 0 unspecified atom stereocenters. The van der Waals surface area contributed by atoms with Gasteiger partial charge in [-0.15, -0.1) is 0 Å². The summed E-state index contributed by atoms with van der Waals surface area (Å²) in [6.45, 7) is 3.69. The summed E-state index contributed by atoms with van der Waals surface area (Å²) in [5, 5.41) is 2.91. The third-order valence-corrected chi connectivity index (χ3v) is 5.35. The maximum Gasteiger partial charge on any atom is 0.235 e. The molecule has 2 N–H and O–H groups in total. The summed E-state index contributed by atoms with van der Waals surface area (Å²) in [4.78, 5) is 0. The Kier molecular flexibility index (Phi) is 4.82. The second-order valence-corrected chi connectivity index (χ2v) is 7.00. The molecule has 0 atom stereocenters. The lowest BCUT2D eigenvalue weighted by Crippen LogP contribution is -2.38. The van der Waals surface area contributed by atoms with Crippen molar-refractivity contribution < 1.29 is 8.42 Å². The van der Waals surface area contributed by atoms with Gasteiger partial charge < -0.3 is 5.32 Å². The smallest absolute Gasteiger partial charge is 0.235 e. The Morgan fingerprint density at radius 2 is 1.84 bits per heavy atom. The van der Waals surface area contributed by atoms with Gasteiger partial charge in [-0.3, -0.25) is 4.72 Å². The maximum absolute atomic E-state index is 12.2. The van der Waals surface area contributed by atoms with Crippen LogP contribution in [0.15, 0.2) is 24.3 Å². The normalized spacial score (nSPS) is 17.3. The van der Waals surface area contributed by atoms with E-state index in [2.05, 4.69) is 17.0 Å². The lowest BCUT2D eigenvalue weighted by molar-refractivity contribution is 0.499. The van der Waals surface area contributed by atoms with Crippen molar-refractivity contribution in [1.29, 1.82) is 0 Å². The highest BCUT2D eigenvalue weighted by Gasteiger charge is 2.26. The van der Waals surface area contributed by atoms with Gasteiger partial charge in [0.15, 0.2) is 0 Å². The highest BCUT2D eigenvalue weighted by molar-refractivity contribution is 7.93. The fourth-order valence-corrected chi connectivity index (χ4v) is 3.87. The molecule has 1 aromatic rings. The summed E-state index contributed by atoms with van der Waals surface area (Å²) in [5.74, 6) is 0. The zero-order valence-electron chi connectivity index (χ0n) is 11.4. The van der Waals surface area contributed by atoms with Gasteiger partial charge >= 0.3 is 0 Å². The van der Waals surface area contributed by atoms with E-state index in [1.807, 2.05) is 24.3 Å². The Morgan fingerprint density at radius 1 is 1.21 bits per heavy atom. The molecule has 0 bridgehead atoms. The molecule has 1 saturated heterocycles. The van der Waals surface area contributed by atoms with Crippen LogP contribution in [0.5, 0.6) is 0 Å². The van der Waals surface area contributed by atoms with Crippen molar-refractivity contribution in [3.05, 3.63) is 29.8 Å². The molecule has 19 heavy (non-hydrogen) atoms. The van der Waals surface area contributed by atoms with Crippen molar-refractivity contribution in [3.63, 3.8) is 0 Å². The van der Waals surface area contributed by atoms with Gasteiger partial charge in [-0.2, -0.15) is 0 Å². The summed E-state index contributed by atoms with van der Waals surface area (Å²) in [7, 11) is -3.25. The van der Waals surface area contributed by atoms with Crippen LogP contribution in [0.1, 0.15) is 31.7 Å². The zero-order chi connectivity index (χ0) is 13.7. The molecule has 2 rings (SSSR count). The molecule has 0 spiro atoms. The molecule has 0 radical (unpaired) electrons. The number of hydrogen-bond donors (Lipinski definition) is 2. The predicted octanol–water partition coefficient (Wildman–Crippen LogP) is 2.13. The van der Waals surface area contributed by atoms with Crippen molar-refractivity contribution in [3.8, 4) is 0 Å². The van der Waals surface area contributed by atoms with Crippen LogP contribution in [0, 0.1) is 0 Å². The zero-order valence-corrected chi connectivity index (χ0v) is 12.2. The summed E-state index contributed by atoms with van der Waals surface area (Å²) in [6, 6.07) is 7.68. The topological polar surface area (TPSA) is 58.2 Å². The van der Waals surface area contributed by atoms with Crippen molar-refractivity contribution >= 4 is 15.7 Å². The Balaban J connectivity index is 2.02. The summed E-state index contributed by atoms with van der Waals surface area (Å²) in [5.41, 5.74) is 1.91. The number of aryl methyl sites for hydroxylation is 1. The molecular formula is C14H22N2O2S. The average molecular weight is 282 g/mol. The standard InChI is InChI=1S/C14H22N2O2S/c1-2-3-12-4-6-13(7-5-12)16-19(17,18)14-8-10-15-11-9-14/h4-7,14-16H,2-3,8-11H2,1H3. The summed E-state index contributed by atoms with van der Waals surface area (Å²) in [6.07, 6.45) is 3.49. The van der Waals surface area contributed by atoms with Crippen molar-refractivity contribution in [1.82, 2.24) is 5.32 Å². The Hall–Kier alpha value is -1.07. The third-order valence-electron chi connectivity index (χ3n) is 3.48. The van der Waals surface area contributed by atoms with Gasteiger partial charge in [0, 0.05) is 5.69 Å². The molecular weight excluding hydrogens is 260 g/mol. The van der Waals surface area contributed by atoms with Gasteiger partial charge in [-0.25, -0.2) is 8.42 Å². The van der Waals surface area contributed by atoms with Gasteiger partial charge in [0.05, 0.1) is 5.25 Å². The number of nitrogens with one attached hydrogen (secondary N) is 2. The number of benzene rings is 1. The molecule has 1 aliphatic rings. The highest BCUT2D eigenvalue weighted by Crippen LogP contribution is 2.18. The average Bonchev–Trinajstić information content (AvgIpc) is 2.42. The first kappa shape index (κ1) is 14.3. The third kappa shape index (κ3) is 3.94.